The molecule has 0 amide bonds. The van der Waals surface area contributed by atoms with Gasteiger partial charge in [-0.3, -0.25) is 9.25 Å². The number of aryl methyl sites for hydroxylation is 2. The highest BCUT2D eigenvalue weighted by atomic mass is 15.3. The third-order valence-electron chi connectivity index (χ3n) is 2.27. The normalized spacial score (nSPS) is 10.4. The average molecular weight is 217 g/mol. The summed E-state index contributed by atoms with van der Waals surface area (Å²) >= 11 is 0. The lowest BCUT2D eigenvalue weighted by atomic mass is 10.5. The lowest BCUT2D eigenvalue weighted by molar-refractivity contribution is 0.731. The second-order valence-corrected chi connectivity index (χ2v) is 3.56. The Morgan fingerprint density at radius 1 is 1.56 bits per heavy atom. The first-order chi connectivity index (χ1) is 7.72. The van der Waals surface area contributed by atoms with Crippen LogP contribution in [0.3, 0.4) is 0 Å². The highest BCUT2D eigenvalue weighted by Crippen LogP contribution is 2.15. The van der Waals surface area contributed by atoms with Crippen LogP contribution in [0.1, 0.15) is 5.69 Å². The van der Waals surface area contributed by atoms with E-state index in [1.807, 2.05) is 30.8 Å². The fraction of sp³-hybridized carbons (Fsp3) is 0.273. The first-order valence-electron chi connectivity index (χ1n) is 5.11. The second-order valence-electron chi connectivity index (χ2n) is 3.56. The van der Waals surface area contributed by atoms with Crippen LogP contribution in [0, 0.1) is 6.92 Å². The molecule has 16 heavy (non-hydrogen) atoms. The number of anilines is 1. The average Bonchev–Trinajstić information content (AvgIpc) is 2.81. The molecule has 1 N–H and O–H groups in total. The molecule has 0 aromatic carbocycles. The van der Waals surface area contributed by atoms with Crippen LogP contribution >= 0.6 is 0 Å². The monoisotopic (exact) mass is 217 g/mol. The predicted octanol–water partition coefficient (Wildman–Crippen LogP) is 1.51. The van der Waals surface area contributed by atoms with E-state index < -0.39 is 0 Å². The zero-order chi connectivity index (χ0) is 11.5. The molecule has 2 aromatic rings. The lowest BCUT2D eigenvalue weighted by Gasteiger charge is -2.07. The van der Waals surface area contributed by atoms with Crippen LogP contribution in [0.2, 0.25) is 0 Å². The van der Waals surface area contributed by atoms with Crippen LogP contribution in [0.4, 0.5) is 5.95 Å². The van der Waals surface area contributed by atoms with E-state index in [1.54, 1.807) is 17.0 Å². The van der Waals surface area contributed by atoms with Crippen molar-refractivity contribution in [3.63, 3.8) is 0 Å². The fourth-order valence-electron chi connectivity index (χ4n) is 1.56. The van der Waals surface area contributed by atoms with E-state index in [-0.39, 0.29) is 0 Å². The van der Waals surface area contributed by atoms with Gasteiger partial charge in [-0.1, -0.05) is 6.08 Å². The van der Waals surface area contributed by atoms with Crippen LogP contribution in [0.15, 0.2) is 31.1 Å². The van der Waals surface area contributed by atoms with Crippen molar-refractivity contribution >= 4 is 5.95 Å². The van der Waals surface area contributed by atoms with E-state index in [2.05, 4.69) is 22.0 Å². The molecule has 0 bridgehead atoms. The molecule has 5 nitrogen and oxygen atoms in total. The molecule has 0 spiro atoms. The molecular formula is C11H15N5. The molecule has 2 rings (SSSR count). The molecule has 0 saturated heterocycles. The van der Waals surface area contributed by atoms with Crippen molar-refractivity contribution in [2.24, 2.45) is 7.05 Å². The summed E-state index contributed by atoms with van der Waals surface area (Å²) in [6, 6.07) is 1.94. The number of nitrogens with zero attached hydrogens (tertiary/aromatic N) is 4. The zero-order valence-corrected chi connectivity index (χ0v) is 9.51. The van der Waals surface area contributed by atoms with Crippen molar-refractivity contribution in [1.82, 2.24) is 19.3 Å². The minimum absolute atomic E-state index is 0.689. The number of aromatic nitrogens is 4. The Bertz CT molecular complexity index is 494. The topological polar surface area (TPSA) is 47.7 Å². The summed E-state index contributed by atoms with van der Waals surface area (Å²) in [5, 5.41) is 7.34. The highest BCUT2D eigenvalue weighted by Gasteiger charge is 2.08. The summed E-state index contributed by atoms with van der Waals surface area (Å²) in [4.78, 5) is 4.41. The van der Waals surface area contributed by atoms with Crippen LogP contribution < -0.4 is 5.32 Å². The number of nitrogens with one attached hydrogen (secondary N) is 1. The fourth-order valence-corrected chi connectivity index (χ4v) is 1.56. The largest absolute Gasteiger partial charge is 0.352 e. The number of rotatable bonds is 4. The van der Waals surface area contributed by atoms with Gasteiger partial charge in [0.25, 0.3) is 0 Å². The maximum atomic E-state index is 4.41. The second kappa shape index (κ2) is 4.22. The molecule has 5 heteroatoms. The van der Waals surface area contributed by atoms with Crippen LogP contribution in [0.25, 0.3) is 5.82 Å². The van der Waals surface area contributed by atoms with E-state index in [9.17, 15) is 0 Å². The van der Waals surface area contributed by atoms with Crippen molar-refractivity contribution < 1.29 is 0 Å². The number of hydrogen-bond acceptors (Lipinski definition) is 3. The Balaban J connectivity index is 2.40. The molecule has 0 unspecified atom stereocenters. The summed E-state index contributed by atoms with van der Waals surface area (Å²) in [5.41, 5.74) is 0.966. The van der Waals surface area contributed by atoms with Gasteiger partial charge < -0.3 is 5.32 Å². The maximum Gasteiger partial charge on any atom is 0.209 e. The summed E-state index contributed by atoms with van der Waals surface area (Å²) in [5.74, 6) is 1.79. The van der Waals surface area contributed by atoms with Crippen LogP contribution in [0.5, 0.6) is 0 Å². The quantitative estimate of drug-likeness (QED) is 0.790. The van der Waals surface area contributed by atoms with Crippen molar-refractivity contribution in [3.05, 3.63) is 36.8 Å². The van der Waals surface area contributed by atoms with Crippen LogP contribution in [-0.2, 0) is 7.05 Å². The first-order valence-corrected chi connectivity index (χ1v) is 5.11. The Morgan fingerprint density at radius 3 is 3.00 bits per heavy atom. The molecule has 0 aliphatic rings. The lowest BCUT2D eigenvalue weighted by Crippen LogP contribution is -2.08. The van der Waals surface area contributed by atoms with Gasteiger partial charge >= 0.3 is 0 Å². The van der Waals surface area contributed by atoms with Crippen molar-refractivity contribution in [3.8, 4) is 5.82 Å². The third kappa shape index (κ3) is 1.84. The van der Waals surface area contributed by atoms with E-state index in [0.717, 1.165) is 17.5 Å². The van der Waals surface area contributed by atoms with Gasteiger partial charge in [-0.15, -0.1) is 6.58 Å². The SMILES string of the molecule is C=CCNc1nc(C)cn1-c1ccnn1C. The van der Waals surface area contributed by atoms with Gasteiger partial charge in [0.2, 0.25) is 5.95 Å². The van der Waals surface area contributed by atoms with Gasteiger partial charge in [0.1, 0.15) is 5.82 Å². The van der Waals surface area contributed by atoms with Crippen molar-refractivity contribution in [2.75, 3.05) is 11.9 Å². The summed E-state index contributed by atoms with van der Waals surface area (Å²) < 4.78 is 3.78. The molecule has 0 atom stereocenters. The van der Waals surface area contributed by atoms with Gasteiger partial charge in [0, 0.05) is 25.9 Å². The summed E-state index contributed by atoms with van der Waals surface area (Å²) in [6.07, 6.45) is 5.54. The smallest absolute Gasteiger partial charge is 0.209 e. The van der Waals surface area contributed by atoms with Gasteiger partial charge in [-0.2, -0.15) is 5.10 Å². The first kappa shape index (κ1) is 10.5. The highest BCUT2D eigenvalue weighted by molar-refractivity contribution is 5.39. The Labute approximate surface area is 94.4 Å². The van der Waals surface area contributed by atoms with Gasteiger partial charge in [-0.05, 0) is 6.92 Å². The molecule has 2 heterocycles. The molecule has 2 aromatic heterocycles. The Kier molecular flexibility index (Phi) is 2.76. The van der Waals surface area contributed by atoms with E-state index in [4.69, 9.17) is 0 Å². The summed E-state index contributed by atoms with van der Waals surface area (Å²) in [6.45, 7) is 6.33. The third-order valence-corrected chi connectivity index (χ3v) is 2.27. The molecule has 84 valence electrons. The number of hydrogen-bond donors (Lipinski definition) is 1. The summed E-state index contributed by atoms with van der Waals surface area (Å²) in [7, 11) is 1.90. The van der Waals surface area contributed by atoms with E-state index >= 15 is 0 Å². The standard InChI is InChI=1S/C11H15N5/c1-4-6-12-11-14-9(2)8-16(11)10-5-7-13-15(10)3/h4-5,7-8H,1,6H2,2-3H3,(H,12,14). The van der Waals surface area contributed by atoms with E-state index in [0.29, 0.717) is 6.54 Å². The van der Waals surface area contributed by atoms with E-state index in [1.165, 1.54) is 0 Å². The molecule has 0 aliphatic heterocycles. The van der Waals surface area contributed by atoms with Crippen molar-refractivity contribution in [1.29, 1.82) is 0 Å². The van der Waals surface area contributed by atoms with Crippen LogP contribution in [-0.4, -0.2) is 25.9 Å². The Morgan fingerprint density at radius 2 is 2.38 bits per heavy atom. The molecule has 0 saturated carbocycles. The van der Waals surface area contributed by atoms with Gasteiger partial charge in [0.05, 0.1) is 11.9 Å². The predicted molar refractivity (Wildman–Crippen MR) is 63.8 cm³/mol. The minimum Gasteiger partial charge on any atom is -0.352 e. The number of imidazole rings is 1. The molecular weight excluding hydrogens is 202 g/mol. The molecule has 0 aliphatic carbocycles. The van der Waals surface area contributed by atoms with Gasteiger partial charge in [0.15, 0.2) is 0 Å². The van der Waals surface area contributed by atoms with Crippen molar-refractivity contribution in [2.45, 2.75) is 6.92 Å². The molecule has 0 radical (unpaired) electrons. The zero-order valence-electron chi connectivity index (χ0n) is 9.51. The Hall–Kier alpha value is -2.04. The molecule has 0 fully saturated rings. The van der Waals surface area contributed by atoms with Gasteiger partial charge in [-0.25, -0.2) is 4.98 Å². The maximum absolute atomic E-state index is 4.41. The minimum atomic E-state index is 0.689.